The van der Waals surface area contributed by atoms with E-state index in [9.17, 15) is 0 Å². The Hall–Kier alpha value is -1.62. The predicted octanol–water partition coefficient (Wildman–Crippen LogP) is 4.29. The first-order valence-electron chi connectivity index (χ1n) is 6.83. The van der Waals surface area contributed by atoms with Crippen LogP contribution in [0.25, 0.3) is 0 Å². The van der Waals surface area contributed by atoms with Crippen molar-refractivity contribution in [3.8, 4) is 6.07 Å². The summed E-state index contributed by atoms with van der Waals surface area (Å²) in [5.41, 5.74) is 0.986. The summed E-state index contributed by atoms with van der Waals surface area (Å²) in [5, 5.41) is 9.10. The van der Waals surface area contributed by atoms with Gasteiger partial charge in [0.15, 0.2) is 0 Å². The second-order valence-electron chi connectivity index (χ2n) is 4.54. The average molecular weight is 242 g/mol. The third-order valence-electron chi connectivity index (χ3n) is 2.91. The van der Waals surface area contributed by atoms with E-state index in [2.05, 4.69) is 24.1 Å². The number of unbranched alkanes of at least 4 members (excludes halogenated alkanes) is 4. The van der Waals surface area contributed by atoms with Crippen LogP contribution in [0.5, 0.6) is 0 Å². The van der Waals surface area contributed by atoms with E-state index in [0.717, 1.165) is 12.1 Å². The van der Waals surface area contributed by atoms with Gasteiger partial charge in [0.1, 0.15) is 0 Å². The van der Waals surface area contributed by atoms with Crippen molar-refractivity contribution in [2.75, 3.05) is 0 Å². The maximum atomic E-state index is 9.10. The van der Waals surface area contributed by atoms with E-state index in [-0.39, 0.29) is 5.92 Å². The van der Waals surface area contributed by atoms with Crippen LogP contribution in [-0.2, 0) is 6.42 Å². The molecule has 1 atom stereocenters. The fraction of sp³-hybridized carbons (Fsp3) is 0.500. The van der Waals surface area contributed by atoms with Crippen molar-refractivity contribution in [2.24, 2.45) is 5.92 Å². The molecule has 0 saturated heterocycles. The SMILES string of the molecule is CCCCCC/C=C/C(C#N)Cc1ccccn1. The second-order valence-corrected chi connectivity index (χ2v) is 4.54. The summed E-state index contributed by atoms with van der Waals surface area (Å²) in [5.74, 6) is -0.0499. The molecule has 1 rings (SSSR count). The second kappa shape index (κ2) is 9.41. The van der Waals surface area contributed by atoms with Crippen LogP contribution in [0.4, 0.5) is 0 Å². The van der Waals surface area contributed by atoms with Crippen LogP contribution in [0.3, 0.4) is 0 Å². The van der Waals surface area contributed by atoms with E-state index in [4.69, 9.17) is 5.26 Å². The lowest BCUT2D eigenvalue weighted by molar-refractivity contribution is 0.672. The number of allylic oxidation sites excluding steroid dienone is 2. The van der Waals surface area contributed by atoms with Gasteiger partial charge < -0.3 is 0 Å². The van der Waals surface area contributed by atoms with Crippen molar-refractivity contribution >= 4 is 0 Å². The summed E-state index contributed by atoms with van der Waals surface area (Å²) in [6.07, 6.45) is 12.8. The minimum absolute atomic E-state index is 0.0499. The van der Waals surface area contributed by atoms with Crippen LogP contribution in [0.15, 0.2) is 36.5 Å². The highest BCUT2D eigenvalue weighted by molar-refractivity contribution is 5.10. The molecular formula is C16H22N2. The first kappa shape index (κ1) is 14.4. The number of aromatic nitrogens is 1. The third-order valence-corrected chi connectivity index (χ3v) is 2.91. The van der Waals surface area contributed by atoms with Crippen LogP contribution >= 0.6 is 0 Å². The summed E-state index contributed by atoms with van der Waals surface area (Å²) >= 11 is 0. The molecule has 0 aliphatic rings. The lowest BCUT2D eigenvalue weighted by Gasteiger charge is -2.02. The normalized spacial score (nSPS) is 12.4. The maximum absolute atomic E-state index is 9.10. The average Bonchev–Trinajstić information content (AvgIpc) is 2.42. The van der Waals surface area contributed by atoms with Gasteiger partial charge in [-0.2, -0.15) is 5.26 Å². The number of rotatable bonds is 8. The zero-order chi connectivity index (χ0) is 13.1. The standard InChI is InChI=1S/C16H22N2/c1-2-3-4-5-6-7-10-15(14-17)13-16-11-8-9-12-18-16/h7-12,15H,2-6,13H2,1H3/b10-7+. The molecule has 1 unspecified atom stereocenters. The Morgan fingerprint density at radius 1 is 1.33 bits per heavy atom. The van der Waals surface area contributed by atoms with E-state index >= 15 is 0 Å². The summed E-state index contributed by atoms with van der Waals surface area (Å²) in [4.78, 5) is 4.25. The maximum Gasteiger partial charge on any atom is 0.0701 e. The van der Waals surface area contributed by atoms with Gasteiger partial charge in [-0.1, -0.05) is 44.4 Å². The van der Waals surface area contributed by atoms with Gasteiger partial charge in [-0.05, 0) is 25.0 Å². The highest BCUT2D eigenvalue weighted by Crippen LogP contribution is 2.09. The van der Waals surface area contributed by atoms with Gasteiger partial charge >= 0.3 is 0 Å². The van der Waals surface area contributed by atoms with Gasteiger partial charge in [-0.15, -0.1) is 0 Å². The Balaban J connectivity index is 2.30. The fourth-order valence-corrected chi connectivity index (χ4v) is 1.85. The summed E-state index contributed by atoms with van der Waals surface area (Å²) in [6, 6.07) is 8.16. The first-order chi connectivity index (χ1) is 8.86. The molecule has 0 N–H and O–H groups in total. The third kappa shape index (κ3) is 6.20. The highest BCUT2D eigenvalue weighted by atomic mass is 14.7. The number of nitriles is 1. The Morgan fingerprint density at radius 2 is 2.22 bits per heavy atom. The molecule has 96 valence electrons. The van der Waals surface area contributed by atoms with E-state index in [1.165, 1.54) is 25.7 Å². The van der Waals surface area contributed by atoms with E-state index in [1.807, 2.05) is 24.3 Å². The van der Waals surface area contributed by atoms with Gasteiger partial charge in [0.25, 0.3) is 0 Å². The van der Waals surface area contributed by atoms with Crippen LogP contribution in [0.1, 0.15) is 44.7 Å². The number of pyridine rings is 1. The van der Waals surface area contributed by atoms with Gasteiger partial charge in [0.05, 0.1) is 12.0 Å². The largest absolute Gasteiger partial charge is 0.261 e. The quantitative estimate of drug-likeness (QED) is 0.503. The van der Waals surface area contributed by atoms with Crippen LogP contribution in [0, 0.1) is 17.2 Å². The van der Waals surface area contributed by atoms with Crippen LogP contribution in [-0.4, -0.2) is 4.98 Å². The molecule has 0 fully saturated rings. The topological polar surface area (TPSA) is 36.7 Å². The monoisotopic (exact) mass is 242 g/mol. The molecule has 1 heterocycles. The molecule has 2 heteroatoms. The summed E-state index contributed by atoms with van der Waals surface area (Å²) < 4.78 is 0. The molecule has 0 radical (unpaired) electrons. The van der Waals surface area contributed by atoms with E-state index < -0.39 is 0 Å². The lowest BCUT2D eigenvalue weighted by atomic mass is 10.0. The molecule has 0 spiro atoms. The molecule has 18 heavy (non-hydrogen) atoms. The molecule has 0 amide bonds. The van der Waals surface area contributed by atoms with Crippen molar-refractivity contribution < 1.29 is 0 Å². The molecule has 0 bridgehead atoms. The number of hydrogen-bond donors (Lipinski definition) is 0. The molecule has 0 saturated carbocycles. The lowest BCUT2D eigenvalue weighted by Crippen LogP contribution is -1.99. The van der Waals surface area contributed by atoms with Crippen molar-refractivity contribution in [1.82, 2.24) is 4.98 Å². The van der Waals surface area contributed by atoms with E-state index in [1.54, 1.807) is 6.20 Å². The number of hydrogen-bond acceptors (Lipinski definition) is 2. The van der Waals surface area contributed by atoms with Gasteiger partial charge in [-0.25, -0.2) is 0 Å². The van der Waals surface area contributed by atoms with Crippen molar-refractivity contribution in [3.63, 3.8) is 0 Å². The molecule has 0 aliphatic carbocycles. The van der Waals surface area contributed by atoms with Crippen molar-refractivity contribution in [3.05, 3.63) is 42.2 Å². The fourth-order valence-electron chi connectivity index (χ4n) is 1.85. The smallest absolute Gasteiger partial charge is 0.0701 e. The summed E-state index contributed by atoms with van der Waals surface area (Å²) in [6.45, 7) is 2.22. The Morgan fingerprint density at radius 3 is 2.89 bits per heavy atom. The molecule has 2 nitrogen and oxygen atoms in total. The Kier molecular flexibility index (Phi) is 7.55. The Bertz CT molecular complexity index is 376. The van der Waals surface area contributed by atoms with Gasteiger partial charge in [0.2, 0.25) is 0 Å². The van der Waals surface area contributed by atoms with Crippen LogP contribution in [0.2, 0.25) is 0 Å². The zero-order valence-electron chi connectivity index (χ0n) is 11.2. The molecular weight excluding hydrogens is 220 g/mol. The van der Waals surface area contributed by atoms with E-state index in [0.29, 0.717) is 6.42 Å². The first-order valence-corrected chi connectivity index (χ1v) is 6.83. The Labute approximate surface area is 110 Å². The van der Waals surface area contributed by atoms with Gasteiger partial charge in [0, 0.05) is 18.3 Å². The highest BCUT2D eigenvalue weighted by Gasteiger charge is 2.04. The minimum atomic E-state index is -0.0499. The predicted molar refractivity (Wildman–Crippen MR) is 74.9 cm³/mol. The van der Waals surface area contributed by atoms with Crippen molar-refractivity contribution in [1.29, 1.82) is 5.26 Å². The molecule has 1 aromatic rings. The van der Waals surface area contributed by atoms with Crippen molar-refractivity contribution in [2.45, 2.75) is 45.4 Å². The molecule has 0 aliphatic heterocycles. The molecule has 1 aromatic heterocycles. The van der Waals surface area contributed by atoms with Crippen LogP contribution < -0.4 is 0 Å². The molecule has 0 aromatic carbocycles. The zero-order valence-corrected chi connectivity index (χ0v) is 11.2. The minimum Gasteiger partial charge on any atom is -0.261 e. The number of nitrogens with zero attached hydrogens (tertiary/aromatic N) is 2. The summed E-state index contributed by atoms with van der Waals surface area (Å²) in [7, 11) is 0. The van der Waals surface area contributed by atoms with Gasteiger partial charge in [-0.3, -0.25) is 4.98 Å².